The van der Waals surface area contributed by atoms with Crippen LogP contribution in [0.4, 0.5) is 19.1 Å². The molecule has 1 aliphatic rings. The van der Waals surface area contributed by atoms with Gasteiger partial charge in [0.15, 0.2) is 0 Å². The SMILES string of the molecule is Cc1nnc(Cn2c(N3CCC(F)(F)C(N)C3)nc3ccc(F)cc32)s1. The number of alkyl halides is 2. The van der Waals surface area contributed by atoms with Crippen LogP contribution in [0.15, 0.2) is 18.2 Å². The van der Waals surface area contributed by atoms with Crippen molar-refractivity contribution in [2.75, 3.05) is 18.0 Å². The van der Waals surface area contributed by atoms with Crippen LogP contribution >= 0.6 is 11.3 Å². The molecule has 0 bridgehead atoms. The molecule has 0 radical (unpaired) electrons. The number of aromatic nitrogens is 4. The highest BCUT2D eigenvalue weighted by molar-refractivity contribution is 7.11. The lowest BCUT2D eigenvalue weighted by Gasteiger charge is -2.37. The Kier molecular flexibility index (Phi) is 4.11. The van der Waals surface area contributed by atoms with Gasteiger partial charge in [-0.05, 0) is 25.1 Å². The van der Waals surface area contributed by atoms with Crippen molar-refractivity contribution < 1.29 is 13.2 Å². The van der Waals surface area contributed by atoms with Crippen LogP contribution in [0.1, 0.15) is 16.4 Å². The van der Waals surface area contributed by atoms with Crippen LogP contribution in [0.3, 0.4) is 0 Å². The molecule has 1 saturated heterocycles. The number of halogens is 3. The van der Waals surface area contributed by atoms with Crippen molar-refractivity contribution in [1.82, 2.24) is 19.7 Å². The van der Waals surface area contributed by atoms with Crippen molar-refractivity contribution in [2.24, 2.45) is 5.73 Å². The van der Waals surface area contributed by atoms with Crippen LogP contribution < -0.4 is 10.6 Å². The fourth-order valence-electron chi connectivity index (χ4n) is 3.13. The molecular weight excluding hydrogens is 365 g/mol. The molecule has 1 aliphatic heterocycles. The van der Waals surface area contributed by atoms with Crippen LogP contribution in [-0.2, 0) is 6.54 Å². The van der Waals surface area contributed by atoms with Crippen molar-refractivity contribution in [3.8, 4) is 0 Å². The molecule has 1 fully saturated rings. The smallest absolute Gasteiger partial charge is 0.266 e. The monoisotopic (exact) mass is 382 g/mol. The summed E-state index contributed by atoms with van der Waals surface area (Å²) in [7, 11) is 0. The summed E-state index contributed by atoms with van der Waals surface area (Å²) in [6, 6.07) is 3.02. The lowest BCUT2D eigenvalue weighted by atomic mass is 10.0. The summed E-state index contributed by atoms with van der Waals surface area (Å²) in [5.41, 5.74) is 6.83. The Bertz CT molecular complexity index is 953. The number of benzene rings is 1. The minimum absolute atomic E-state index is 0.0199. The first kappa shape index (κ1) is 17.2. The number of fused-ring (bicyclic) bond motifs is 1. The number of imidazole rings is 1. The van der Waals surface area contributed by atoms with E-state index in [9.17, 15) is 13.2 Å². The van der Waals surface area contributed by atoms with Crippen LogP contribution in [0.2, 0.25) is 0 Å². The quantitative estimate of drug-likeness (QED) is 0.754. The Morgan fingerprint density at radius 2 is 2.15 bits per heavy atom. The standard InChI is InChI=1S/C16H17F3N6S/c1-9-22-23-14(26-9)8-25-12-6-10(17)2-3-11(12)21-15(25)24-5-4-16(18,19)13(20)7-24/h2-3,6,13H,4-5,7-8,20H2,1H3. The van der Waals surface area contributed by atoms with Gasteiger partial charge in [-0.3, -0.25) is 0 Å². The highest BCUT2D eigenvalue weighted by Gasteiger charge is 2.42. The van der Waals surface area contributed by atoms with Crippen molar-refractivity contribution in [1.29, 1.82) is 0 Å². The van der Waals surface area contributed by atoms with Gasteiger partial charge in [-0.2, -0.15) is 0 Å². The number of hydrogen-bond acceptors (Lipinski definition) is 6. The first-order chi connectivity index (χ1) is 12.3. The molecule has 2 N–H and O–H groups in total. The van der Waals surface area contributed by atoms with Crippen LogP contribution in [-0.4, -0.2) is 44.8 Å². The molecule has 10 heteroatoms. The van der Waals surface area contributed by atoms with E-state index in [0.29, 0.717) is 23.5 Å². The van der Waals surface area contributed by atoms with E-state index in [-0.39, 0.29) is 25.3 Å². The summed E-state index contributed by atoms with van der Waals surface area (Å²) in [4.78, 5) is 6.27. The van der Waals surface area contributed by atoms with E-state index < -0.39 is 12.0 Å². The van der Waals surface area contributed by atoms with Crippen molar-refractivity contribution >= 4 is 28.3 Å². The summed E-state index contributed by atoms with van der Waals surface area (Å²) < 4.78 is 43.1. The Balaban J connectivity index is 1.77. The number of nitrogens with two attached hydrogens (primary N) is 1. The molecule has 4 rings (SSSR count). The fourth-order valence-corrected chi connectivity index (χ4v) is 3.83. The molecule has 0 aliphatic carbocycles. The number of hydrogen-bond donors (Lipinski definition) is 1. The number of anilines is 1. The molecule has 2 aromatic heterocycles. The molecule has 6 nitrogen and oxygen atoms in total. The number of aryl methyl sites for hydroxylation is 1. The zero-order chi connectivity index (χ0) is 18.5. The van der Waals surface area contributed by atoms with Gasteiger partial charge in [-0.1, -0.05) is 11.3 Å². The summed E-state index contributed by atoms with van der Waals surface area (Å²) >= 11 is 1.43. The lowest BCUT2D eigenvalue weighted by Crippen LogP contribution is -2.55. The predicted octanol–water partition coefficient (Wildman–Crippen LogP) is 2.56. The second-order valence-corrected chi connectivity index (χ2v) is 7.68. The highest BCUT2D eigenvalue weighted by atomic mass is 32.1. The van der Waals surface area contributed by atoms with E-state index in [1.165, 1.54) is 23.5 Å². The third-order valence-electron chi connectivity index (χ3n) is 4.51. The molecule has 1 aromatic carbocycles. The van der Waals surface area contributed by atoms with Gasteiger partial charge in [0.25, 0.3) is 5.92 Å². The van der Waals surface area contributed by atoms with Gasteiger partial charge < -0.3 is 15.2 Å². The number of rotatable bonds is 3. The van der Waals surface area contributed by atoms with E-state index in [0.717, 1.165) is 10.0 Å². The maximum atomic E-state index is 13.8. The van der Waals surface area contributed by atoms with Gasteiger partial charge in [0.2, 0.25) is 5.95 Å². The average Bonchev–Trinajstić information content (AvgIpc) is 3.14. The maximum absolute atomic E-state index is 13.8. The second-order valence-electron chi connectivity index (χ2n) is 6.41. The van der Waals surface area contributed by atoms with Crippen LogP contribution in [0, 0.1) is 12.7 Å². The van der Waals surface area contributed by atoms with Gasteiger partial charge in [0.05, 0.1) is 23.6 Å². The zero-order valence-corrected chi connectivity index (χ0v) is 14.8. The van der Waals surface area contributed by atoms with E-state index in [2.05, 4.69) is 15.2 Å². The second kappa shape index (κ2) is 6.20. The topological polar surface area (TPSA) is 72.9 Å². The number of piperidine rings is 1. The van der Waals surface area contributed by atoms with Gasteiger partial charge in [-0.15, -0.1) is 10.2 Å². The van der Waals surface area contributed by atoms with Crippen LogP contribution in [0.5, 0.6) is 0 Å². The van der Waals surface area contributed by atoms with Gasteiger partial charge in [0.1, 0.15) is 15.8 Å². The molecule has 1 atom stereocenters. The van der Waals surface area contributed by atoms with E-state index in [4.69, 9.17) is 5.73 Å². The molecular formula is C16H17F3N6S. The average molecular weight is 382 g/mol. The first-order valence-corrected chi connectivity index (χ1v) is 8.98. The minimum Gasteiger partial charge on any atom is -0.340 e. The highest BCUT2D eigenvalue weighted by Crippen LogP contribution is 2.32. The zero-order valence-electron chi connectivity index (χ0n) is 14.0. The summed E-state index contributed by atoms with van der Waals surface area (Å²) in [5, 5.41) is 9.65. The van der Waals surface area contributed by atoms with Gasteiger partial charge >= 0.3 is 0 Å². The van der Waals surface area contributed by atoms with E-state index >= 15 is 0 Å². The Hall–Kier alpha value is -2.20. The molecule has 26 heavy (non-hydrogen) atoms. The normalized spacial score (nSPS) is 20.0. The molecule has 3 heterocycles. The Morgan fingerprint density at radius 1 is 1.35 bits per heavy atom. The molecule has 0 saturated carbocycles. The van der Waals surface area contributed by atoms with E-state index in [1.807, 2.05) is 6.92 Å². The summed E-state index contributed by atoms with van der Waals surface area (Å²) in [6.07, 6.45) is -0.344. The van der Waals surface area contributed by atoms with Crippen molar-refractivity contribution in [3.63, 3.8) is 0 Å². The Morgan fingerprint density at radius 3 is 2.85 bits per heavy atom. The fraction of sp³-hybridized carbons (Fsp3) is 0.438. The first-order valence-electron chi connectivity index (χ1n) is 8.16. The Labute approximate surface area is 151 Å². The molecule has 3 aromatic rings. The van der Waals surface area contributed by atoms with Crippen molar-refractivity contribution in [2.45, 2.75) is 31.9 Å². The minimum atomic E-state index is -2.89. The number of nitrogens with zero attached hydrogens (tertiary/aromatic N) is 5. The molecule has 0 spiro atoms. The molecule has 1 unspecified atom stereocenters. The predicted molar refractivity (Wildman–Crippen MR) is 93.2 cm³/mol. The summed E-state index contributed by atoms with van der Waals surface area (Å²) in [5.74, 6) is -2.79. The molecule has 0 amide bonds. The third kappa shape index (κ3) is 3.03. The maximum Gasteiger partial charge on any atom is 0.266 e. The third-order valence-corrected chi connectivity index (χ3v) is 5.33. The van der Waals surface area contributed by atoms with E-state index in [1.54, 1.807) is 15.5 Å². The van der Waals surface area contributed by atoms with Gasteiger partial charge in [0, 0.05) is 19.5 Å². The summed E-state index contributed by atoms with van der Waals surface area (Å²) in [6.45, 7) is 2.29. The largest absolute Gasteiger partial charge is 0.340 e. The van der Waals surface area contributed by atoms with Gasteiger partial charge in [-0.25, -0.2) is 18.2 Å². The van der Waals surface area contributed by atoms with Crippen molar-refractivity contribution in [3.05, 3.63) is 34.0 Å². The lowest BCUT2D eigenvalue weighted by molar-refractivity contribution is -0.0395. The van der Waals surface area contributed by atoms with Crippen LogP contribution in [0.25, 0.3) is 11.0 Å². The molecule has 138 valence electrons.